The van der Waals surface area contributed by atoms with Gasteiger partial charge in [-0.2, -0.15) is 0 Å². The van der Waals surface area contributed by atoms with Crippen LogP contribution in [0.15, 0.2) is 60.7 Å². The molecule has 9 nitrogen and oxygen atoms in total. The van der Waals surface area contributed by atoms with Crippen LogP contribution in [-0.2, 0) is 14.4 Å². The molecule has 0 spiro atoms. The van der Waals surface area contributed by atoms with Gasteiger partial charge in [0.25, 0.3) is 17.6 Å². The Hall–Kier alpha value is -4.11. The predicted molar refractivity (Wildman–Crippen MR) is 136 cm³/mol. The van der Waals surface area contributed by atoms with Gasteiger partial charge in [0, 0.05) is 18.7 Å². The zero-order valence-corrected chi connectivity index (χ0v) is 20.7. The van der Waals surface area contributed by atoms with E-state index in [1.165, 1.54) is 4.90 Å². The third-order valence-corrected chi connectivity index (χ3v) is 5.71. The van der Waals surface area contributed by atoms with Crippen LogP contribution in [0.3, 0.4) is 0 Å². The van der Waals surface area contributed by atoms with Crippen molar-refractivity contribution >= 4 is 23.4 Å². The minimum atomic E-state index is -0.799. The van der Waals surface area contributed by atoms with Crippen molar-refractivity contribution in [2.75, 3.05) is 40.4 Å². The van der Waals surface area contributed by atoms with Crippen LogP contribution in [0, 0.1) is 6.92 Å². The third-order valence-electron chi connectivity index (χ3n) is 5.71. The van der Waals surface area contributed by atoms with Crippen molar-refractivity contribution in [3.63, 3.8) is 0 Å². The lowest BCUT2D eigenvalue weighted by Crippen LogP contribution is -2.35. The van der Waals surface area contributed by atoms with Gasteiger partial charge in [-0.1, -0.05) is 24.8 Å². The molecule has 9 heteroatoms. The molecule has 0 aromatic heterocycles. The number of ketones is 1. The average molecular weight is 494 g/mol. The molecule has 0 aliphatic carbocycles. The summed E-state index contributed by atoms with van der Waals surface area (Å²) in [6.07, 6.45) is 1.63. The molecular formula is C27H31N3O6. The fraction of sp³-hybridized carbons (Fsp3) is 0.296. The lowest BCUT2D eigenvalue weighted by molar-refractivity contribution is -0.140. The summed E-state index contributed by atoms with van der Waals surface area (Å²) in [5, 5.41) is 11.3. The summed E-state index contributed by atoms with van der Waals surface area (Å²) in [6.45, 7) is 6.33. The topological polar surface area (TPSA) is 122 Å². The molecule has 0 bridgehead atoms. The number of benzene rings is 2. The standard InChI is InChI=1S/C27H31N3O6/c1-5-14-35-21-11-8-19(15-17(21)2)25(32)23-24(30(13-12-29(3)4)27(34)26(23)33)18-6-9-20(10-7-18)36-16-22(28)31/h5-11,15,24,32H,1,12-14,16H2,2-4H3,(H2,28,31). The molecule has 1 unspecified atom stereocenters. The molecule has 1 heterocycles. The highest BCUT2D eigenvalue weighted by molar-refractivity contribution is 6.46. The van der Waals surface area contributed by atoms with Crippen molar-refractivity contribution in [3.05, 3.63) is 77.4 Å². The molecule has 190 valence electrons. The van der Waals surface area contributed by atoms with E-state index in [1.807, 2.05) is 25.9 Å². The van der Waals surface area contributed by atoms with Crippen molar-refractivity contribution in [3.8, 4) is 11.5 Å². The van der Waals surface area contributed by atoms with E-state index < -0.39 is 23.6 Å². The van der Waals surface area contributed by atoms with Crippen molar-refractivity contribution in [2.24, 2.45) is 5.73 Å². The zero-order valence-electron chi connectivity index (χ0n) is 20.7. The van der Waals surface area contributed by atoms with Crippen LogP contribution in [0.5, 0.6) is 11.5 Å². The van der Waals surface area contributed by atoms with E-state index in [-0.39, 0.29) is 24.5 Å². The van der Waals surface area contributed by atoms with Crippen molar-refractivity contribution in [2.45, 2.75) is 13.0 Å². The van der Waals surface area contributed by atoms with E-state index in [4.69, 9.17) is 15.2 Å². The first-order valence-corrected chi connectivity index (χ1v) is 11.4. The predicted octanol–water partition coefficient (Wildman–Crippen LogP) is 2.41. The van der Waals surface area contributed by atoms with E-state index >= 15 is 0 Å². The second-order valence-corrected chi connectivity index (χ2v) is 8.70. The second-order valence-electron chi connectivity index (χ2n) is 8.70. The summed E-state index contributed by atoms with van der Waals surface area (Å²) in [5.74, 6) is -1.27. The molecule has 1 aliphatic rings. The highest BCUT2D eigenvalue weighted by atomic mass is 16.5. The average Bonchev–Trinajstić information content (AvgIpc) is 3.10. The van der Waals surface area contributed by atoms with Crippen LogP contribution in [0.4, 0.5) is 0 Å². The number of hydrogen-bond donors (Lipinski definition) is 2. The molecule has 3 N–H and O–H groups in total. The number of amides is 2. The summed E-state index contributed by atoms with van der Waals surface area (Å²) >= 11 is 0. The molecule has 36 heavy (non-hydrogen) atoms. The van der Waals surface area contributed by atoms with E-state index in [0.717, 1.165) is 5.56 Å². The fourth-order valence-corrected chi connectivity index (χ4v) is 3.93. The normalized spacial score (nSPS) is 16.9. The Bertz CT molecular complexity index is 1190. The Morgan fingerprint density at radius 3 is 2.44 bits per heavy atom. The number of primary amides is 1. The first kappa shape index (κ1) is 26.5. The molecule has 0 saturated carbocycles. The van der Waals surface area contributed by atoms with Gasteiger partial charge in [0.1, 0.15) is 23.9 Å². The number of Topliss-reactive ketones (excluding diaryl/α,β-unsaturated/α-hetero) is 1. The van der Waals surface area contributed by atoms with Crippen LogP contribution < -0.4 is 15.2 Å². The zero-order chi connectivity index (χ0) is 26.4. The SMILES string of the molecule is C=CCOc1ccc(C(O)=C2C(=O)C(=O)N(CCN(C)C)C2c2ccc(OCC(N)=O)cc2)cc1C. The molecule has 3 rings (SSSR count). The van der Waals surface area contributed by atoms with Crippen molar-refractivity contribution in [1.82, 2.24) is 9.80 Å². The van der Waals surface area contributed by atoms with Gasteiger partial charge in [0.05, 0.1) is 11.6 Å². The van der Waals surface area contributed by atoms with Gasteiger partial charge in [-0.3, -0.25) is 14.4 Å². The quantitative estimate of drug-likeness (QED) is 0.213. The van der Waals surface area contributed by atoms with Crippen LogP contribution in [-0.4, -0.2) is 72.9 Å². The van der Waals surface area contributed by atoms with Crippen molar-refractivity contribution < 1.29 is 29.0 Å². The molecular weight excluding hydrogens is 462 g/mol. The van der Waals surface area contributed by atoms with Gasteiger partial charge in [-0.15, -0.1) is 0 Å². The van der Waals surface area contributed by atoms with Crippen LogP contribution in [0.25, 0.3) is 5.76 Å². The first-order valence-electron chi connectivity index (χ1n) is 11.4. The number of likely N-dealkylation sites (tertiary alicyclic amines) is 1. The number of aryl methyl sites for hydroxylation is 1. The lowest BCUT2D eigenvalue weighted by atomic mass is 9.94. The van der Waals surface area contributed by atoms with Gasteiger partial charge >= 0.3 is 0 Å². The summed E-state index contributed by atoms with van der Waals surface area (Å²) in [6, 6.07) is 10.9. The van der Waals surface area contributed by atoms with Gasteiger partial charge in [0.15, 0.2) is 6.61 Å². The number of hydrogen-bond acceptors (Lipinski definition) is 7. The monoisotopic (exact) mass is 493 g/mol. The Morgan fingerprint density at radius 2 is 1.86 bits per heavy atom. The molecule has 2 amide bonds. The molecule has 0 radical (unpaired) electrons. The molecule has 1 aliphatic heterocycles. The smallest absolute Gasteiger partial charge is 0.295 e. The number of aliphatic hydroxyl groups is 1. The summed E-state index contributed by atoms with van der Waals surface area (Å²) in [7, 11) is 3.74. The Labute approximate surface area is 210 Å². The van der Waals surface area contributed by atoms with Gasteiger partial charge < -0.3 is 30.1 Å². The van der Waals surface area contributed by atoms with E-state index in [1.54, 1.807) is 48.5 Å². The largest absolute Gasteiger partial charge is 0.507 e. The molecule has 1 fully saturated rings. The number of carbonyl (C=O) groups excluding carboxylic acids is 3. The molecule has 2 aromatic rings. The Balaban J connectivity index is 2.05. The van der Waals surface area contributed by atoms with Crippen LogP contribution >= 0.6 is 0 Å². The number of nitrogens with two attached hydrogens (primary N) is 1. The van der Waals surface area contributed by atoms with E-state index in [9.17, 15) is 19.5 Å². The van der Waals surface area contributed by atoms with Gasteiger partial charge in [-0.25, -0.2) is 0 Å². The Kier molecular flexibility index (Phi) is 8.50. The molecule has 1 atom stereocenters. The number of rotatable bonds is 11. The van der Waals surface area contributed by atoms with E-state index in [0.29, 0.717) is 35.8 Å². The van der Waals surface area contributed by atoms with Crippen LogP contribution in [0.1, 0.15) is 22.7 Å². The highest BCUT2D eigenvalue weighted by Gasteiger charge is 2.45. The minimum absolute atomic E-state index is 0.00344. The number of ether oxygens (including phenoxy) is 2. The molecule has 1 saturated heterocycles. The highest BCUT2D eigenvalue weighted by Crippen LogP contribution is 2.40. The number of likely N-dealkylation sites (N-methyl/N-ethyl adjacent to an activating group) is 1. The number of carbonyl (C=O) groups is 3. The summed E-state index contributed by atoms with van der Waals surface area (Å²) in [4.78, 5) is 40.6. The summed E-state index contributed by atoms with van der Waals surface area (Å²) < 4.78 is 10.9. The van der Waals surface area contributed by atoms with Gasteiger partial charge in [0.2, 0.25) is 0 Å². The minimum Gasteiger partial charge on any atom is -0.507 e. The van der Waals surface area contributed by atoms with Crippen LogP contribution in [0.2, 0.25) is 0 Å². The van der Waals surface area contributed by atoms with Crippen molar-refractivity contribution in [1.29, 1.82) is 0 Å². The first-order chi connectivity index (χ1) is 17.1. The maximum absolute atomic E-state index is 13.2. The maximum atomic E-state index is 13.2. The third kappa shape index (κ3) is 5.92. The number of aliphatic hydroxyl groups excluding tert-OH is 1. The maximum Gasteiger partial charge on any atom is 0.295 e. The fourth-order valence-electron chi connectivity index (χ4n) is 3.93. The summed E-state index contributed by atoms with van der Waals surface area (Å²) in [5.41, 5.74) is 6.91. The van der Waals surface area contributed by atoms with E-state index in [2.05, 4.69) is 6.58 Å². The Morgan fingerprint density at radius 1 is 1.17 bits per heavy atom. The second kappa shape index (κ2) is 11.5. The molecule has 2 aromatic carbocycles. The lowest BCUT2D eigenvalue weighted by Gasteiger charge is -2.26. The van der Waals surface area contributed by atoms with Gasteiger partial charge in [-0.05, 0) is 62.5 Å². The number of nitrogens with zero attached hydrogens (tertiary/aromatic N) is 2.